The van der Waals surface area contributed by atoms with Crippen LogP contribution >= 0.6 is 15.9 Å². The molecule has 0 amide bonds. The maximum Gasteiger partial charge on any atom is 0.204 e. The summed E-state index contributed by atoms with van der Waals surface area (Å²) in [5, 5.41) is 12.4. The maximum atomic E-state index is 4.32. The highest BCUT2D eigenvalue weighted by molar-refractivity contribution is 9.10. The van der Waals surface area contributed by atoms with Crippen LogP contribution in [0.2, 0.25) is 0 Å². The summed E-state index contributed by atoms with van der Waals surface area (Å²) in [6.45, 7) is 4.75. The van der Waals surface area contributed by atoms with Gasteiger partial charge < -0.3 is 0 Å². The predicted octanol–water partition coefficient (Wildman–Crippen LogP) is 3.07. The lowest BCUT2D eigenvalue weighted by Gasteiger charge is -1.94. The van der Waals surface area contributed by atoms with Crippen molar-refractivity contribution in [1.82, 2.24) is 20.2 Å². The summed E-state index contributed by atoms with van der Waals surface area (Å²) in [5.41, 5.74) is 2.21. The van der Waals surface area contributed by atoms with Crippen molar-refractivity contribution in [2.24, 2.45) is 0 Å². The van der Waals surface area contributed by atoms with E-state index < -0.39 is 0 Å². The number of rotatable bonds is 3. The second kappa shape index (κ2) is 5.23. The topological polar surface area (TPSA) is 43.6 Å². The third-order valence-corrected chi connectivity index (χ3v) is 2.75. The second-order valence-electron chi connectivity index (χ2n) is 3.96. The van der Waals surface area contributed by atoms with Gasteiger partial charge in [-0.05, 0) is 43.3 Å². The Hall–Kier alpha value is -1.49. The molecule has 0 bridgehead atoms. The van der Waals surface area contributed by atoms with E-state index in [1.165, 1.54) is 5.57 Å². The fraction of sp³-hybridized carbons (Fsp3) is 0.250. The van der Waals surface area contributed by atoms with Crippen molar-refractivity contribution in [2.75, 3.05) is 0 Å². The van der Waals surface area contributed by atoms with Gasteiger partial charge in [-0.15, -0.1) is 10.2 Å². The van der Waals surface area contributed by atoms with E-state index in [0.29, 0.717) is 12.4 Å². The van der Waals surface area contributed by atoms with Crippen molar-refractivity contribution in [3.05, 3.63) is 40.4 Å². The molecule has 0 spiro atoms. The molecule has 0 aliphatic rings. The number of aromatic nitrogens is 4. The average molecular weight is 293 g/mol. The highest BCUT2D eigenvalue weighted by atomic mass is 79.9. The number of benzene rings is 1. The maximum absolute atomic E-state index is 4.32. The minimum atomic E-state index is 0.652. The van der Waals surface area contributed by atoms with Crippen LogP contribution in [0.25, 0.3) is 11.4 Å². The number of hydrogen-bond acceptors (Lipinski definition) is 3. The van der Waals surface area contributed by atoms with Crippen LogP contribution < -0.4 is 0 Å². The molecule has 0 atom stereocenters. The SMILES string of the molecule is CC(C)=CCn1nnc(-c2ccc(Br)cc2)n1. The Bertz CT molecular complexity index is 524. The Labute approximate surface area is 108 Å². The zero-order valence-corrected chi connectivity index (χ0v) is 11.3. The molecule has 2 rings (SSSR count). The van der Waals surface area contributed by atoms with Crippen LogP contribution in [0, 0.1) is 0 Å². The number of allylic oxidation sites excluding steroid dienone is 2. The minimum Gasteiger partial charge on any atom is -0.160 e. The first-order valence-corrected chi connectivity index (χ1v) is 6.11. The van der Waals surface area contributed by atoms with Crippen molar-refractivity contribution in [3.63, 3.8) is 0 Å². The first-order chi connectivity index (χ1) is 8.15. The molecule has 0 aliphatic heterocycles. The smallest absolute Gasteiger partial charge is 0.160 e. The lowest BCUT2D eigenvalue weighted by molar-refractivity contribution is 0.581. The Morgan fingerprint density at radius 2 is 2.00 bits per heavy atom. The van der Waals surface area contributed by atoms with Crippen molar-refractivity contribution in [3.8, 4) is 11.4 Å². The highest BCUT2D eigenvalue weighted by Crippen LogP contribution is 2.17. The van der Waals surface area contributed by atoms with Crippen molar-refractivity contribution in [2.45, 2.75) is 20.4 Å². The summed E-state index contributed by atoms with van der Waals surface area (Å²) in [6, 6.07) is 7.86. The van der Waals surface area contributed by atoms with Crippen molar-refractivity contribution < 1.29 is 0 Å². The summed E-state index contributed by atoms with van der Waals surface area (Å²) >= 11 is 3.39. The molecule has 88 valence electrons. The molecule has 0 aliphatic carbocycles. The van der Waals surface area contributed by atoms with Gasteiger partial charge in [-0.1, -0.05) is 27.6 Å². The van der Waals surface area contributed by atoms with Gasteiger partial charge in [0, 0.05) is 10.0 Å². The number of tetrazole rings is 1. The van der Waals surface area contributed by atoms with E-state index >= 15 is 0 Å². The first kappa shape index (κ1) is 12.0. The van der Waals surface area contributed by atoms with Crippen LogP contribution in [0.15, 0.2) is 40.4 Å². The predicted molar refractivity (Wildman–Crippen MR) is 70.4 cm³/mol. The zero-order chi connectivity index (χ0) is 12.3. The van der Waals surface area contributed by atoms with Gasteiger partial charge in [0.15, 0.2) is 0 Å². The van der Waals surface area contributed by atoms with E-state index in [1.54, 1.807) is 4.80 Å². The Kier molecular flexibility index (Phi) is 3.68. The lowest BCUT2D eigenvalue weighted by Crippen LogP contribution is -2.00. The van der Waals surface area contributed by atoms with Crippen LogP contribution in [0.3, 0.4) is 0 Å². The minimum absolute atomic E-state index is 0.652. The van der Waals surface area contributed by atoms with Crippen LogP contribution in [0.5, 0.6) is 0 Å². The molecule has 0 saturated heterocycles. The Morgan fingerprint density at radius 1 is 1.29 bits per heavy atom. The molecular formula is C12H13BrN4. The van der Waals surface area contributed by atoms with E-state index in [0.717, 1.165) is 10.0 Å². The fourth-order valence-electron chi connectivity index (χ4n) is 1.30. The van der Waals surface area contributed by atoms with Crippen molar-refractivity contribution in [1.29, 1.82) is 0 Å². The van der Waals surface area contributed by atoms with Crippen molar-refractivity contribution >= 4 is 15.9 Å². The molecule has 5 heteroatoms. The fourth-order valence-corrected chi connectivity index (χ4v) is 1.56. The third-order valence-electron chi connectivity index (χ3n) is 2.22. The third kappa shape index (κ3) is 3.23. The van der Waals surface area contributed by atoms with Gasteiger partial charge in [0.2, 0.25) is 5.82 Å². The largest absolute Gasteiger partial charge is 0.204 e. The van der Waals surface area contributed by atoms with E-state index in [2.05, 4.69) is 37.4 Å². The molecule has 1 heterocycles. The van der Waals surface area contributed by atoms with Crippen LogP contribution in [-0.2, 0) is 6.54 Å². The molecule has 0 N–H and O–H groups in total. The molecule has 0 unspecified atom stereocenters. The summed E-state index contributed by atoms with van der Waals surface area (Å²) in [4.78, 5) is 1.59. The Morgan fingerprint density at radius 3 is 2.65 bits per heavy atom. The highest BCUT2D eigenvalue weighted by Gasteiger charge is 2.04. The molecule has 1 aromatic heterocycles. The summed E-state index contributed by atoms with van der Waals surface area (Å²) < 4.78 is 1.04. The molecule has 4 nitrogen and oxygen atoms in total. The normalized spacial score (nSPS) is 10.3. The molecule has 0 saturated carbocycles. The van der Waals surface area contributed by atoms with Gasteiger partial charge >= 0.3 is 0 Å². The van der Waals surface area contributed by atoms with Gasteiger partial charge in [0.1, 0.15) is 0 Å². The molecule has 1 aromatic carbocycles. The van der Waals surface area contributed by atoms with E-state index in [-0.39, 0.29) is 0 Å². The van der Waals surface area contributed by atoms with Gasteiger partial charge in [0.05, 0.1) is 6.54 Å². The monoisotopic (exact) mass is 292 g/mol. The van der Waals surface area contributed by atoms with E-state index in [1.807, 2.05) is 38.1 Å². The quantitative estimate of drug-likeness (QED) is 0.817. The number of halogens is 1. The number of nitrogens with zero attached hydrogens (tertiary/aromatic N) is 4. The molecule has 2 aromatic rings. The molecular weight excluding hydrogens is 280 g/mol. The van der Waals surface area contributed by atoms with Gasteiger partial charge in [-0.2, -0.15) is 4.80 Å². The van der Waals surface area contributed by atoms with Gasteiger partial charge in [0.25, 0.3) is 0 Å². The molecule has 0 radical (unpaired) electrons. The summed E-state index contributed by atoms with van der Waals surface area (Å²) in [5.74, 6) is 0.652. The average Bonchev–Trinajstić information content (AvgIpc) is 2.76. The lowest BCUT2D eigenvalue weighted by atomic mass is 10.2. The van der Waals surface area contributed by atoms with Crippen LogP contribution in [-0.4, -0.2) is 20.2 Å². The standard InChI is InChI=1S/C12H13BrN4/c1-9(2)7-8-17-15-12(14-16-17)10-3-5-11(13)6-4-10/h3-7H,8H2,1-2H3. The van der Waals surface area contributed by atoms with Crippen LogP contribution in [0.4, 0.5) is 0 Å². The second-order valence-corrected chi connectivity index (χ2v) is 4.87. The van der Waals surface area contributed by atoms with Gasteiger partial charge in [-0.3, -0.25) is 0 Å². The summed E-state index contributed by atoms with van der Waals surface area (Å²) in [6.07, 6.45) is 2.06. The molecule has 17 heavy (non-hydrogen) atoms. The zero-order valence-electron chi connectivity index (χ0n) is 9.76. The molecule has 0 fully saturated rings. The van der Waals surface area contributed by atoms with Gasteiger partial charge in [-0.25, -0.2) is 0 Å². The first-order valence-electron chi connectivity index (χ1n) is 5.32. The summed E-state index contributed by atoms with van der Waals surface area (Å²) in [7, 11) is 0. The Balaban J connectivity index is 2.18. The van der Waals surface area contributed by atoms with E-state index in [9.17, 15) is 0 Å². The van der Waals surface area contributed by atoms with E-state index in [4.69, 9.17) is 0 Å². The van der Waals surface area contributed by atoms with Crippen LogP contribution in [0.1, 0.15) is 13.8 Å². The number of hydrogen-bond donors (Lipinski definition) is 0.